The van der Waals surface area contributed by atoms with Gasteiger partial charge in [-0.3, -0.25) is 0 Å². The van der Waals surface area contributed by atoms with E-state index in [4.69, 9.17) is 0 Å². The van der Waals surface area contributed by atoms with Gasteiger partial charge in [-0.25, -0.2) is 0 Å². The predicted octanol–water partition coefficient (Wildman–Crippen LogP) is 5.22. The summed E-state index contributed by atoms with van der Waals surface area (Å²) in [5.74, 6) is 0.704. The first-order valence-electron chi connectivity index (χ1n) is 6.43. The molecule has 0 aliphatic heterocycles. The van der Waals surface area contributed by atoms with E-state index in [1.807, 2.05) is 11.3 Å². The van der Waals surface area contributed by atoms with Crippen molar-refractivity contribution in [1.29, 1.82) is 0 Å². The van der Waals surface area contributed by atoms with Crippen LogP contribution in [0.5, 0.6) is 0 Å². The van der Waals surface area contributed by atoms with Gasteiger partial charge in [0.25, 0.3) is 0 Å². The number of halogens is 1. The monoisotopic (exact) mass is 320 g/mol. The number of fused-ring (bicyclic) bond motifs is 1. The summed E-state index contributed by atoms with van der Waals surface area (Å²) in [5.41, 5.74) is 4.57. The van der Waals surface area contributed by atoms with Crippen molar-refractivity contribution in [3.8, 4) is 0 Å². The van der Waals surface area contributed by atoms with Crippen LogP contribution in [-0.4, -0.2) is 0 Å². The van der Waals surface area contributed by atoms with Gasteiger partial charge in [-0.05, 0) is 55.4 Å². The minimum absolute atomic E-state index is 0.495. The topological polar surface area (TPSA) is 0 Å². The van der Waals surface area contributed by atoms with Crippen LogP contribution in [0.2, 0.25) is 0 Å². The molecule has 1 aromatic carbocycles. The minimum atomic E-state index is 0.495. The van der Waals surface area contributed by atoms with Gasteiger partial charge in [-0.15, -0.1) is 11.3 Å². The first-order chi connectivity index (χ1) is 8.65. The maximum Gasteiger partial charge on any atom is 0.0440 e. The van der Waals surface area contributed by atoms with Crippen LogP contribution in [0.1, 0.15) is 31.3 Å². The summed E-state index contributed by atoms with van der Waals surface area (Å²) in [6, 6.07) is 11.2. The summed E-state index contributed by atoms with van der Waals surface area (Å²) >= 11 is 5.85. The van der Waals surface area contributed by atoms with E-state index in [9.17, 15) is 0 Å². The second-order valence-corrected chi connectivity index (χ2v) is 7.65. The molecule has 0 amide bonds. The molecule has 0 bridgehead atoms. The molecule has 1 aliphatic carbocycles. The van der Waals surface area contributed by atoms with Crippen molar-refractivity contribution >= 4 is 27.3 Å². The zero-order valence-corrected chi connectivity index (χ0v) is 13.1. The smallest absolute Gasteiger partial charge is 0.0440 e. The van der Waals surface area contributed by atoms with Gasteiger partial charge >= 0.3 is 0 Å². The molecular formula is C16H17BrS. The maximum absolute atomic E-state index is 3.94. The average Bonchev–Trinajstić information content (AvgIpc) is 2.91. The summed E-state index contributed by atoms with van der Waals surface area (Å²) in [6.07, 6.45) is 2.42. The number of hydrogen-bond acceptors (Lipinski definition) is 1. The van der Waals surface area contributed by atoms with Gasteiger partial charge in [0.1, 0.15) is 0 Å². The number of thiophene rings is 1. The van der Waals surface area contributed by atoms with Crippen molar-refractivity contribution in [3.05, 3.63) is 56.8 Å². The number of hydrogen-bond donors (Lipinski definition) is 0. The molecule has 94 valence electrons. The van der Waals surface area contributed by atoms with E-state index < -0.39 is 0 Å². The normalized spacial score (nSPS) is 16.8. The highest BCUT2D eigenvalue weighted by Crippen LogP contribution is 2.43. The Morgan fingerprint density at radius 2 is 1.78 bits per heavy atom. The summed E-state index contributed by atoms with van der Waals surface area (Å²) in [5, 5.41) is 0. The molecular weight excluding hydrogens is 304 g/mol. The fraction of sp³-hybridized carbons (Fsp3) is 0.375. The quantitative estimate of drug-likeness (QED) is 0.666. The van der Waals surface area contributed by atoms with E-state index in [1.165, 1.54) is 39.3 Å². The summed E-state index contributed by atoms with van der Waals surface area (Å²) in [4.78, 5) is 3.38. The van der Waals surface area contributed by atoms with Gasteiger partial charge in [-0.2, -0.15) is 0 Å². The molecule has 0 nitrogen and oxygen atoms in total. The Bertz CT molecular complexity index is 545. The standard InChI is InChI=1S/C16H17BrS/c1-10-7-15(11(2)18-10)16(17)14-8-12-5-3-4-6-13(12)9-14/h3-7,14,16H,8-9H2,1-2H3. The van der Waals surface area contributed by atoms with E-state index in [0.717, 1.165) is 0 Å². The van der Waals surface area contributed by atoms with Crippen molar-refractivity contribution < 1.29 is 0 Å². The zero-order valence-electron chi connectivity index (χ0n) is 10.7. The Morgan fingerprint density at radius 1 is 1.17 bits per heavy atom. The van der Waals surface area contributed by atoms with Crippen LogP contribution in [0.25, 0.3) is 0 Å². The maximum atomic E-state index is 3.94. The van der Waals surface area contributed by atoms with E-state index in [-0.39, 0.29) is 0 Å². The number of benzene rings is 1. The van der Waals surface area contributed by atoms with E-state index in [2.05, 4.69) is 60.1 Å². The lowest BCUT2D eigenvalue weighted by molar-refractivity contribution is 0.554. The van der Waals surface area contributed by atoms with Gasteiger partial charge in [0.15, 0.2) is 0 Å². The fourth-order valence-electron chi connectivity index (χ4n) is 2.98. The molecule has 1 unspecified atom stereocenters. The highest BCUT2D eigenvalue weighted by Gasteiger charge is 2.29. The van der Waals surface area contributed by atoms with Gasteiger partial charge in [0.05, 0.1) is 0 Å². The molecule has 18 heavy (non-hydrogen) atoms. The Balaban J connectivity index is 1.84. The lowest BCUT2D eigenvalue weighted by Crippen LogP contribution is -2.07. The SMILES string of the molecule is Cc1cc(C(Br)C2Cc3ccccc3C2)c(C)s1. The highest BCUT2D eigenvalue weighted by molar-refractivity contribution is 9.09. The van der Waals surface area contributed by atoms with Crippen molar-refractivity contribution in [2.24, 2.45) is 5.92 Å². The minimum Gasteiger partial charge on any atom is -0.146 e. The van der Waals surface area contributed by atoms with Gasteiger partial charge < -0.3 is 0 Å². The average molecular weight is 321 g/mol. The number of rotatable bonds is 2. The van der Waals surface area contributed by atoms with Crippen LogP contribution in [0.3, 0.4) is 0 Å². The van der Waals surface area contributed by atoms with Crippen LogP contribution >= 0.6 is 27.3 Å². The lowest BCUT2D eigenvalue weighted by atomic mass is 9.97. The molecule has 2 aromatic rings. The van der Waals surface area contributed by atoms with Crippen LogP contribution in [-0.2, 0) is 12.8 Å². The molecule has 0 spiro atoms. The third-order valence-electron chi connectivity index (χ3n) is 3.87. The lowest BCUT2D eigenvalue weighted by Gasteiger charge is -2.17. The van der Waals surface area contributed by atoms with Crippen molar-refractivity contribution in [2.45, 2.75) is 31.5 Å². The number of alkyl halides is 1. The van der Waals surface area contributed by atoms with Gasteiger partial charge in [0.2, 0.25) is 0 Å². The van der Waals surface area contributed by atoms with Crippen LogP contribution < -0.4 is 0 Å². The summed E-state index contributed by atoms with van der Waals surface area (Å²) in [7, 11) is 0. The fourth-order valence-corrected chi connectivity index (χ4v) is 4.95. The van der Waals surface area contributed by atoms with Crippen LogP contribution in [0.15, 0.2) is 30.3 Å². The third kappa shape index (κ3) is 2.17. The molecule has 0 radical (unpaired) electrons. The highest BCUT2D eigenvalue weighted by atomic mass is 79.9. The van der Waals surface area contributed by atoms with Crippen LogP contribution in [0.4, 0.5) is 0 Å². The Morgan fingerprint density at radius 3 is 2.28 bits per heavy atom. The molecule has 0 saturated heterocycles. The first-order valence-corrected chi connectivity index (χ1v) is 8.16. The van der Waals surface area contributed by atoms with E-state index in [1.54, 1.807) is 0 Å². The molecule has 0 N–H and O–H groups in total. The molecule has 2 heteroatoms. The number of aryl methyl sites for hydroxylation is 2. The van der Waals surface area contributed by atoms with E-state index >= 15 is 0 Å². The van der Waals surface area contributed by atoms with Crippen LogP contribution in [0, 0.1) is 19.8 Å². The second kappa shape index (κ2) is 4.82. The van der Waals surface area contributed by atoms with Gasteiger partial charge in [0, 0.05) is 14.6 Å². The van der Waals surface area contributed by atoms with Gasteiger partial charge in [-0.1, -0.05) is 40.2 Å². The Kier molecular flexibility index (Phi) is 3.33. The molecule has 3 rings (SSSR count). The molecule has 1 heterocycles. The Labute approximate surface area is 121 Å². The van der Waals surface area contributed by atoms with Crippen molar-refractivity contribution in [1.82, 2.24) is 0 Å². The zero-order chi connectivity index (χ0) is 12.7. The largest absolute Gasteiger partial charge is 0.146 e. The summed E-state index contributed by atoms with van der Waals surface area (Å²) in [6.45, 7) is 4.44. The molecule has 0 fully saturated rings. The van der Waals surface area contributed by atoms with Crippen molar-refractivity contribution in [3.63, 3.8) is 0 Å². The second-order valence-electron chi connectivity index (χ2n) is 5.21. The van der Waals surface area contributed by atoms with E-state index in [0.29, 0.717) is 10.7 Å². The summed E-state index contributed by atoms with van der Waals surface area (Å²) < 4.78 is 0. The molecule has 0 saturated carbocycles. The predicted molar refractivity (Wildman–Crippen MR) is 82.8 cm³/mol. The Hall–Kier alpha value is -0.600. The first kappa shape index (κ1) is 12.4. The molecule has 1 atom stereocenters. The third-order valence-corrected chi connectivity index (χ3v) is 6.10. The molecule has 1 aromatic heterocycles. The molecule has 1 aliphatic rings. The van der Waals surface area contributed by atoms with Crippen molar-refractivity contribution in [2.75, 3.05) is 0 Å².